The molecule has 0 radical (unpaired) electrons. The van der Waals surface area contributed by atoms with Crippen molar-refractivity contribution in [1.29, 1.82) is 0 Å². The Morgan fingerprint density at radius 3 is 2.43 bits per heavy atom. The molecule has 1 unspecified atom stereocenters. The molecule has 3 rings (SSSR count). The van der Waals surface area contributed by atoms with Gasteiger partial charge in [-0.25, -0.2) is 0 Å². The van der Waals surface area contributed by atoms with E-state index in [1.165, 1.54) is 5.56 Å². The molecule has 1 aliphatic carbocycles. The quantitative estimate of drug-likeness (QED) is 0.867. The number of carbonyl (C=O) groups excluding carboxylic acids is 1. The van der Waals surface area contributed by atoms with E-state index in [9.17, 15) is 9.90 Å². The van der Waals surface area contributed by atoms with Crippen molar-refractivity contribution < 1.29 is 9.90 Å². The molecule has 0 bridgehead atoms. The number of amides is 1. The number of halogens is 1. The first-order valence-electron chi connectivity index (χ1n) is 8.42. The number of hydrogen-bond donors (Lipinski definition) is 1. The number of β-amino-alcohol motifs (C(OH)–C–C–N with tert-alkyl or cyclic N) is 1. The smallest absolute Gasteiger partial charge is 0.229 e. The number of nitrogens with zero attached hydrogens (tertiary/aromatic N) is 1. The maximum atomic E-state index is 13.1. The summed E-state index contributed by atoms with van der Waals surface area (Å²) in [4.78, 5) is 15.0. The Morgan fingerprint density at radius 1 is 1.26 bits per heavy atom. The zero-order valence-electron chi connectivity index (χ0n) is 14.2. The van der Waals surface area contributed by atoms with Crippen LogP contribution in [0.5, 0.6) is 0 Å². The summed E-state index contributed by atoms with van der Waals surface area (Å²) in [6.45, 7) is 7.29. The lowest BCUT2D eigenvalue weighted by atomic mass is 9.76. The summed E-state index contributed by atoms with van der Waals surface area (Å²) in [5.41, 5.74) is -0.0241. The van der Waals surface area contributed by atoms with Crippen molar-refractivity contribution in [2.45, 2.75) is 52.1 Å². The lowest BCUT2D eigenvalue weighted by Gasteiger charge is -2.37. The van der Waals surface area contributed by atoms with Crippen LogP contribution in [0.25, 0.3) is 0 Å². The Hall–Kier alpha value is -0.870. The predicted molar refractivity (Wildman–Crippen MR) is 95.1 cm³/mol. The Balaban J connectivity index is 1.73. The van der Waals surface area contributed by atoms with E-state index in [2.05, 4.69) is 42.8 Å². The summed E-state index contributed by atoms with van der Waals surface area (Å²) in [5.74, 6) is 0.230. The number of hydrogen-bond acceptors (Lipinski definition) is 2. The average molecular weight is 380 g/mol. The van der Waals surface area contributed by atoms with Crippen LogP contribution in [-0.2, 0) is 11.2 Å². The van der Waals surface area contributed by atoms with E-state index in [4.69, 9.17) is 0 Å². The molecule has 1 atom stereocenters. The molecule has 1 saturated heterocycles. The van der Waals surface area contributed by atoms with E-state index in [0.29, 0.717) is 19.5 Å². The van der Waals surface area contributed by atoms with Crippen LogP contribution in [0.15, 0.2) is 28.7 Å². The molecule has 126 valence electrons. The van der Waals surface area contributed by atoms with E-state index in [-0.39, 0.29) is 16.7 Å². The highest BCUT2D eigenvalue weighted by molar-refractivity contribution is 9.10. The van der Waals surface area contributed by atoms with Crippen LogP contribution in [0.4, 0.5) is 0 Å². The van der Waals surface area contributed by atoms with E-state index in [1.807, 2.05) is 23.1 Å². The molecule has 1 saturated carbocycles. The second-order valence-corrected chi connectivity index (χ2v) is 9.16. The molecular weight excluding hydrogens is 354 g/mol. The topological polar surface area (TPSA) is 40.5 Å². The fourth-order valence-corrected chi connectivity index (χ4v) is 3.96. The van der Waals surface area contributed by atoms with Gasteiger partial charge in [0.25, 0.3) is 0 Å². The maximum Gasteiger partial charge on any atom is 0.229 e. The monoisotopic (exact) mass is 379 g/mol. The minimum Gasteiger partial charge on any atom is -0.387 e. The average Bonchev–Trinajstić information content (AvgIpc) is 3.14. The minimum absolute atomic E-state index is 0.207. The molecule has 1 aromatic rings. The van der Waals surface area contributed by atoms with Crippen molar-refractivity contribution in [2.24, 2.45) is 10.8 Å². The van der Waals surface area contributed by atoms with Gasteiger partial charge in [-0.05, 0) is 42.7 Å². The van der Waals surface area contributed by atoms with Crippen molar-refractivity contribution >= 4 is 21.8 Å². The van der Waals surface area contributed by atoms with E-state index < -0.39 is 5.60 Å². The van der Waals surface area contributed by atoms with E-state index in [0.717, 1.165) is 23.7 Å². The van der Waals surface area contributed by atoms with Crippen molar-refractivity contribution in [1.82, 2.24) is 4.90 Å². The molecule has 1 amide bonds. The Labute approximate surface area is 147 Å². The minimum atomic E-state index is -0.772. The molecule has 2 aliphatic rings. The van der Waals surface area contributed by atoms with Crippen LogP contribution < -0.4 is 0 Å². The first kappa shape index (κ1) is 17.0. The van der Waals surface area contributed by atoms with Crippen LogP contribution >= 0.6 is 15.9 Å². The number of likely N-dealkylation sites (tertiary alicyclic amines) is 1. The van der Waals surface area contributed by atoms with Crippen LogP contribution in [0.1, 0.15) is 45.6 Å². The standard InChI is InChI=1S/C19H26BrNO2/c1-17(2,3)19(23)10-11-21(13-19)16(22)18(8-9-18)12-14-6-4-5-7-15(14)20/h4-7,23H,8-13H2,1-3H3. The molecular formula is C19H26BrNO2. The normalized spacial score (nSPS) is 26.4. The summed E-state index contributed by atoms with van der Waals surface area (Å²) in [6.07, 6.45) is 3.38. The van der Waals surface area contributed by atoms with Gasteiger partial charge < -0.3 is 10.0 Å². The second-order valence-electron chi connectivity index (χ2n) is 8.31. The highest BCUT2D eigenvalue weighted by Crippen LogP contribution is 2.52. The lowest BCUT2D eigenvalue weighted by Crippen LogP contribution is -2.47. The fraction of sp³-hybridized carbons (Fsp3) is 0.632. The number of carbonyl (C=O) groups is 1. The molecule has 3 nitrogen and oxygen atoms in total. The third-order valence-electron chi connectivity index (χ3n) is 5.72. The SMILES string of the molecule is CC(C)(C)C1(O)CCN(C(=O)C2(Cc3ccccc3Br)CC2)C1. The summed E-state index contributed by atoms with van der Waals surface area (Å²) in [5, 5.41) is 10.9. The Kier molecular flexibility index (Phi) is 4.13. The van der Waals surface area contributed by atoms with Crippen molar-refractivity contribution in [3.8, 4) is 0 Å². The van der Waals surface area contributed by atoms with Gasteiger partial charge in [0.2, 0.25) is 5.91 Å². The molecule has 0 aromatic heterocycles. The summed E-state index contributed by atoms with van der Waals surface area (Å²) < 4.78 is 1.08. The van der Waals surface area contributed by atoms with Crippen molar-refractivity contribution in [2.75, 3.05) is 13.1 Å². The van der Waals surface area contributed by atoms with Crippen molar-refractivity contribution in [3.63, 3.8) is 0 Å². The van der Waals surface area contributed by atoms with E-state index in [1.54, 1.807) is 0 Å². The zero-order chi connectivity index (χ0) is 16.9. The van der Waals surface area contributed by atoms with Gasteiger partial charge in [-0.1, -0.05) is 54.9 Å². The van der Waals surface area contributed by atoms with Crippen LogP contribution in [0, 0.1) is 10.8 Å². The largest absolute Gasteiger partial charge is 0.387 e. The van der Waals surface area contributed by atoms with Gasteiger partial charge in [-0.2, -0.15) is 0 Å². The van der Waals surface area contributed by atoms with Gasteiger partial charge >= 0.3 is 0 Å². The van der Waals surface area contributed by atoms with Crippen LogP contribution in [0.3, 0.4) is 0 Å². The zero-order valence-corrected chi connectivity index (χ0v) is 15.8. The van der Waals surface area contributed by atoms with Gasteiger partial charge in [0, 0.05) is 17.6 Å². The summed E-state index contributed by atoms with van der Waals surface area (Å²) in [6, 6.07) is 8.14. The molecule has 4 heteroatoms. The summed E-state index contributed by atoms with van der Waals surface area (Å²) in [7, 11) is 0. The van der Waals surface area contributed by atoms with Crippen molar-refractivity contribution in [3.05, 3.63) is 34.3 Å². The molecule has 1 aromatic carbocycles. The van der Waals surface area contributed by atoms with Crippen LogP contribution in [0.2, 0.25) is 0 Å². The lowest BCUT2D eigenvalue weighted by molar-refractivity contribution is -0.138. The Bertz CT molecular complexity index is 618. The first-order chi connectivity index (χ1) is 10.7. The molecule has 1 aliphatic heterocycles. The molecule has 23 heavy (non-hydrogen) atoms. The summed E-state index contributed by atoms with van der Waals surface area (Å²) >= 11 is 3.59. The highest BCUT2D eigenvalue weighted by Gasteiger charge is 2.55. The highest BCUT2D eigenvalue weighted by atomic mass is 79.9. The first-order valence-corrected chi connectivity index (χ1v) is 9.21. The third-order valence-corrected chi connectivity index (χ3v) is 6.50. The number of rotatable bonds is 3. The van der Waals surface area contributed by atoms with E-state index >= 15 is 0 Å². The van der Waals surface area contributed by atoms with Crippen LogP contribution in [-0.4, -0.2) is 34.6 Å². The second kappa shape index (κ2) is 5.59. The van der Waals surface area contributed by atoms with Gasteiger partial charge in [-0.3, -0.25) is 4.79 Å². The third kappa shape index (κ3) is 3.08. The van der Waals surface area contributed by atoms with Gasteiger partial charge in [0.1, 0.15) is 0 Å². The predicted octanol–water partition coefficient (Wildman–Crippen LogP) is 3.78. The molecule has 1 N–H and O–H groups in total. The number of aliphatic hydroxyl groups is 1. The molecule has 1 heterocycles. The van der Waals surface area contributed by atoms with Gasteiger partial charge in [0.05, 0.1) is 11.0 Å². The van der Waals surface area contributed by atoms with Gasteiger partial charge in [-0.15, -0.1) is 0 Å². The Morgan fingerprint density at radius 2 is 1.91 bits per heavy atom. The maximum absolute atomic E-state index is 13.1. The molecule has 2 fully saturated rings. The fourth-order valence-electron chi connectivity index (χ4n) is 3.54. The molecule has 0 spiro atoms. The number of benzene rings is 1. The van der Waals surface area contributed by atoms with Gasteiger partial charge in [0.15, 0.2) is 0 Å².